The van der Waals surface area contributed by atoms with E-state index in [0.717, 1.165) is 36.2 Å². The first-order valence-electron chi connectivity index (χ1n) is 9.59. The third kappa shape index (κ3) is 5.03. The fourth-order valence-corrected chi connectivity index (χ4v) is 3.47. The van der Waals surface area contributed by atoms with E-state index in [4.69, 9.17) is 14.5 Å². The van der Waals surface area contributed by atoms with Crippen LogP contribution in [0.15, 0.2) is 30.3 Å². The molecule has 1 fully saturated rings. The van der Waals surface area contributed by atoms with Gasteiger partial charge in [-0.05, 0) is 18.1 Å². The van der Waals surface area contributed by atoms with Crippen LogP contribution in [0.2, 0.25) is 0 Å². The zero-order chi connectivity index (χ0) is 19.2. The van der Waals surface area contributed by atoms with Crippen LogP contribution in [-0.2, 0) is 9.47 Å². The number of hydrogen-bond donors (Lipinski definition) is 1. The zero-order valence-electron chi connectivity index (χ0n) is 16.4. The molecule has 6 heteroatoms. The van der Waals surface area contributed by atoms with Crippen LogP contribution in [0.25, 0.3) is 10.9 Å². The normalized spacial score (nSPS) is 18.1. The van der Waals surface area contributed by atoms with Crippen LogP contribution < -0.4 is 5.32 Å². The number of morpholine rings is 1. The molecule has 0 spiro atoms. The third-order valence-corrected chi connectivity index (χ3v) is 4.68. The number of ether oxygens (including phenoxy) is 2. The predicted octanol–water partition coefficient (Wildman–Crippen LogP) is 2.64. The van der Waals surface area contributed by atoms with Crippen molar-refractivity contribution in [1.29, 1.82) is 0 Å². The Kier molecular flexibility index (Phi) is 6.77. The molecule has 1 aliphatic heterocycles. The van der Waals surface area contributed by atoms with Gasteiger partial charge in [-0.3, -0.25) is 9.69 Å². The number of benzene rings is 1. The van der Waals surface area contributed by atoms with Gasteiger partial charge in [-0.15, -0.1) is 0 Å². The van der Waals surface area contributed by atoms with Crippen LogP contribution in [0.3, 0.4) is 0 Å². The molecule has 1 amide bonds. The van der Waals surface area contributed by atoms with Gasteiger partial charge < -0.3 is 14.8 Å². The maximum absolute atomic E-state index is 12.7. The van der Waals surface area contributed by atoms with Crippen LogP contribution in [0, 0.1) is 5.92 Å². The van der Waals surface area contributed by atoms with E-state index in [1.165, 1.54) is 0 Å². The number of methoxy groups -OCH3 is 1. The Labute approximate surface area is 160 Å². The van der Waals surface area contributed by atoms with E-state index in [-0.39, 0.29) is 12.0 Å². The van der Waals surface area contributed by atoms with Crippen molar-refractivity contribution in [3.63, 3.8) is 0 Å². The number of hydrogen-bond acceptors (Lipinski definition) is 5. The number of para-hydroxylation sites is 1. The highest BCUT2D eigenvalue weighted by molar-refractivity contribution is 6.06. The number of carbonyl (C=O) groups excluding carboxylic acids is 1. The number of rotatable bonds is 7. The average molecular weight is 371 g/mol. The summed E-state index contributed by atoms with van der Waals surface area (Å²) < 4.78 is 11.0. The lowest BCUT2D eigenvalue weighted by molar-refractivity contribution is -0.0351. The van der Waals surface area contributed by atoms with Crippen molar-refractivity contribution in [2.45, 2.75) is 20.0 Å². The summed E-state index contributed by atoms with van der Waals surface area (Å²) in [5.41, 5.74) is 2.27. The molecule has 1 aromatic carbocycles. The van der Waals surface area contributed by atoms with Crippen molar-refractivity contribution in [1.82, 2.24) is 15.2 Å². The molecule has 1 aliphatic rings. The quantitative estimate of drug-likeness (QED) is 0.758. The van der Waals surface area contributed by atoms with Gasteiger partial charge in [0.25, 0.3) is 5.91 Å². The smallest absolute Gasteiger partial charge is 0.252 e. The highest BCUT2D eigenvalue weighted by Gasteiger charge is 2.25. The van der Waals surface area contributed by atoms with Gasteiger partial charge in [-0.1, -0.05) is 32.0 Å². The number of aromatic nitrogens is 1. The standard InChI is InChI=1S/C21H29N3O3/c1-15(2)13-24-9-11-27-20(14-24)19-12-17(21(25)22-8-10-26-3)16-6-4-5-7-18(16)23-19/h4-7,12,15,20H,8-11,13-14H2,1-3H3,(H,22,25)/t20-/m0/s1. The molecular formula is C21H29N3O3. The summed E-state index contributed by atoms with van der Waals surface area (Å²) in [6.07, 6.45) is -0.118. The van der Waals surface area contributed by atoms with Gasteiger partial charge in [-0.2, -0.15) is 0 Å². The molecule has 0 radical (unpaired) electrons. The molecule has 1 aromatic heterocycles. The maximum Gasteiger partial charge on any atom is 0.252 e. The minimum atomic E-state index is -0.118. The van der Waals surface area contributed by atoms with E-state index in [1.807, 2.05) is 30.3 Å². The topological polar surface area (TPSA) is 63.7 Å². The molecule has 0 aliphatic carbocycles. The first-order valence-corrected chi connectivity index (χ1v) is 9.59. The Hall–Kier alpha value is -2.02. The van der Waals surface area contributed by atoms with Crippen LogP contribution in [0.4, 0.5) is 0 Å². The highest BCUT2D eigenvalue weighted by atomic mass is 16.5. The fourth-order valence-electron chi connectivity index (χ4n) is 3.47. The van der Waals surface area contributed by atoms with Crippen LogP contribution in [-0.4, -0.2) is 62.3 Å². The Morgan fingerprint density at radius 2 is 2.22 bits per heavy atom. The zero-order valence-corrected chi connectivity index (χ0v) is 16.4. The summed E-state index contributed by atoms with van der Waals surface area (Å²) in [4.78, 5) is 19.9. The number of nitrogens with one attached hydrogen (secondary N) is 1. The van der Waals surface area contributed by atoms with Gasteiger partial charge >= 0.3 is 0 Å². The second kappa shape index (κ2) is 9.26. The molecule has 27 heavy (non-hydrogen) atoms. The molecule has 0 unspecified atom stereocenters. The summed E-state index contributed by atoms with van der Waals surface area (Å²) in [5.74, 6) is 0.497. The Morgan fingerprint density at radius 3 is 3.00 bits per heavy atom. The molecule has 1 N–H and O–H groups in total. The van der Waals surface area contributed by atoms with Crippen molar-refractivity contribution in [2.75, 3.05) is 46.5 Å². The van der Waals surface area contributed by atoms with Crippen molar-refractivity contribution >= 4 is 16.8 Å². The Morgan fingerprint density at radius 1 is 1.41 bits per heavy atom. The number of pyridine rings is 1. The van der Waals surface area contributed by atoms with Gasteiger partial charge in [0.15, 0.2) is 0 Å². The molecule has 6 nitrogen and oxygen atoms in total. The summed E-state index contributed by atoms with van der Waals surface area (Å²) in [6.45, 7) is 8.86. The second-order valence-corrected chi connectivity index (χ2v) is 7.37. The molecule has 0 saturated carbocycles. The number of fused-ring (bicyclic) bond motifs is 1. The lowest BCUT2D eigenvalue weighted by Gasteiger charge is -2.33. The number of carbonyl (C=O) groups is 1. The molecule has 1 atom stereocenters. The minimum Gasteiger partial charge on any atom is -0.383 e. The van der Waals surface area contributed by atoms with E-state index >= 15 is 0 Å². The van der Waals surface area contributed by atoms with E-state index in [1.54, 1.807) is 7.11 Å². The highest BCUT2D eigenvalue weighted by Crippen LogP contribution is 2.26. The maximum atomic E-state index is 12.7. The summed E-state index contributed by atoms with van der Waals surface area (Å²) in [7, 11) is 1.62. The van der Waals surface area contributed by atoms with E-state index < -0.39 is 0 Å². The number of amides is 1. The van der Waals surface area contributed by atoms with Crippen LogP contribution in [0.1, 0.15) is 36.0 Å². The molecule has 2 heterocycles. The van der Waals surface area contributed by atoms with Gasteiger partial charge in [-0.25, -0.2) is 4.98 Å². The number of nitrogens with zero attached hydrogens (tertiary/aromatic N) is 2. The van der Waals surface area contributed by atoms with Crippen LogP contribution in [0.5, 0.6) is 0 Å². The lowest BCUT2D eigenvalue weighted by Crippen LogP contribution is -2.40. The SMILES string of the molecule is COCCNC(=O)c1cc([C@@H]2CN(CC(C)C)CCO2)nc2ccccc12. The van der Waals surface area contributed by atoms with Gasteiger partial charge in [0.2, 0.25) is 0 Å². The van der Waals surface area contributed by atoms with Crippen molar-refractivity contribution in [3.05, 3.63) is 41.6 Å². The largest absolute Gasteiger partial charge is 0.383 e. The first kappa shape index (κ1) is 19.7. The van der Waals surface area contributed by atoms with E-state index in [9.17, 15) is 4.79 Å². The summed E-state index contributed by atoms with van der Waals surface area (Å²) in [5, 5.41) is 3.77. The molecular weight excluding hydrogens is 342 g/mol. The Balaban J connectivity index is 1.88. The summed E-state index contributed by atoms with van der Waals surface area (Å²) in [6, 6.07) is 9.63. The fraction of sp³-hybridized carbons (Fsp3) is 0.524. The average Bonchev–Trinajstić information content (AvgIpc) is 2.67. The lowest BCUT2D eigenvalue weighted by atomic mass is 10.0. The Bertz CT molecular complexity index is 778. The van der Waals surface area contributed by atoms with E-state index in [2.05, 4.69) is 24.1 Å². The predicted molar refractivity (Wildman–Crippen MR) is 106 cm³/mol. The molecule has 3 rings (SSSR count). The minimum absolute atomic E-state index is 0.109. The monoisotopic (exact) mass is 371 g/mol. The van der Waals surface area contributed by atoms with Crippen molar-refractivity contribution < 1.29 is 14.3 Å². The first-order chi connectivity index (χ1) is 13.1. The molecule has 0 bridgehead atoms. The van der Waals surface area contributed by atoms with Crippen molar-refractivity contribution in [3.8, 4) is 0 Å². The van der Waals surface area contributed by atoms with Gasteiger partial charge in [0.1, 0.15) is 6.10 Å². The van der Waals surface area contributed by atoms with Gasteiger partial charge in [0.05, 0.1) is 30.0 Å². The van der Waals surface area contributed by atoms with Crippen molar-refractivity contribution in [2.24, 2.45) is 5.92 Å². The molecule has 146 valence electrons. The van der Waals surface area contributed by atoms with E-state index in [0.29, 0.717) is 31.2 Å². The van der Waals surface area contributed by atoms with Crippen LogP contribution >= 0.6 is 0 Å². The summed E-state index contributed by atoms with van der Waals surface area (Å²) >= 11 is 0. The molecule has 2 aromatic rings. The third-order valence-electron chi connectivity index (χ3n) is 4.68. The van der Waals surface area contributed by atoms with Gasteiger partial charge in [0, 0.05) is 38.7 Å². The second-order valence-electron chi connectivity index (χ2n) is 7.37. The molecule has 1 saturated heterocycles.